The number of benzene rings is 3. The van der Waals surface area contributed by atoms with Crippen LogP contribution < -0.4 is 20.4 Å². The molecule has 0 radical (unpaired) electrons. The standard InChI is InChI=1S/C41H54N4O7/c1-24-33-19-30(41(33,3)4)20-34(24)42-40(49)37-36(25(2)47)35(22-46)52-45(37)21-27-14-11-15-32(38(27)50-7)28-16-29(18-31(17-28)44(5)6)39(48)43-51-23-26-12-9-8-10-13-26/h8-18,24-25,30,33-37,46-47H,19-23H2,1-7H3,(H,42,49)(H,43,48)/t24-,25-,30-,33-,34-,35-,36-,37-/m0/s1. The summed E-state index contributed by atoms with van der Waals surface area (Å²) in [5.74, 6) is 0.758. The molecule has 3 aliphatic carbocycles. The summed E-state index contributed by atoms with van der Waals surface area (Å²) in [7, 11) is 5.40. The van der Waals surface area contributed by atoms with Crippen LogP contribution in [0.2, 0.25) is 0 Å². The van der Waals surface area contributed by atoms with Gasteiger partial charge in [-0.25, -0.2) is 5.48 Å². The molecule has 8 atom stereocenters. The minimum Gasteiger partial charge on any atom is -0.496 e. The zero-order valence-electron chi connectivity index (χ0n) is 31.3. The molecule has 2 amide bonds. The fraction of sp³-hybridized carbons (Fsp3) is 0.512. The molecule has 3 aromatic rings. The third-order valence-corrected chi connectivity index (χ3v) is 11.9. The van der Waals surface area contributed by atoms with Crippen LogP contribution in [-0.4, -0.2) is 79.2 Å². The highest BCUT2D eigenvalue weighted by Gasteiger charge is 2.57. The van der Waals surface area contributed by atoms with Gasteiger partial charge in [-0.15, -0.1) is 0 Å². The van der Waals surface area contributed by atoms with Crippen LogP contribution >= 0.6 is 0 Å². The highest BCUT2D eigenvalue weighted by molar-refractivity contribution is 5.96. The van der Waals surface area contributed by atoms with Gasteiger partial charge in [0.25, 0.3) is 5.91 Å². The molecular formula is C41H54N4O7. The SMILES string of the molecule is COc1c(CN2O[C@@H](CO)[C@H]([C@H](C)O)[C@H]2C(=O)N[C@H]2C[C@@H]3C[C@@H]([C@@H]2C)C3(C)C)cccc1-c1cc(C(=O)NOCc2ccccc2)cc(N(C)C)c1. The Kier molecular flexibility index (Phi) is 11.3. The monoisotopic (exact) mass is 714 g/mol. The fourth-order valence-corrected chi connectivity index (χ4v) is 8.80. The van der Waals surface area contributed by atoms with Crippen LogP contribution in [0.1, 0.15) is 62.0 Å². The number of rotatable bonds is 13. The number of aliphatic hydroxyl groups excluding tert-OH is 2. The Bertz CT molecular complexity index is 1730. The Balaban J connectivity index is 1.26. The van der Waals surface area contributed by atoms with Gasteiger partial charge in [-0.3, -0.25) is 19.3 Å². The molecular weight excluding hydrogens is 660 g/mol. The lowest BCUT2D eigenvalue weighted by Crippen LogP contribution is -2.62. The zero-order valence-corrected chi connectivity index (χ0v) is 31.3. The summed E-state index contributed by atoms with van der Waals surface area (Å²) in [4.78, 5) is 41.2. The molecule has 4 aliphatic rings. The van der Waals surface area contributed by atoms with Crippen LogP contribution in [0, 0.1) is 29.1 Å². The number of carbonyl (C=O) groups is 2. The zero-order chi connectivity index (χ0) is 37.3. The number of methoxy groups -OCH3 is 1. The van der Waals surface area contributed by atoms with E-state index in [9.17, 15) is 19.8 Å². The summed E-state index contributed by atoms with van der Waals surface area (Å²) in [5.41, 5.74) is 7.22. The maximum atomic E-state index is 14.2. The van der Waals surface area contributed by atoms with Crippen molar-refractivity contribution < 1.29 is 34.2 Å². The van der Waals surface area contributed by atoms with E-state index in [4.69, 9.17) is 14.4 Å². The number of para-hydroxylation sites is 1. The second kappa shape index (κ2) is 15.5. The summed E-state index contributed by atoms with van der Waals surface area (Å²) < 4.78 is 6.03. The Morgan fingerprint density at radius 1 is 1.08 bits per heavy atom. The molecule has 11 heteroatoms. The first kappa shape index (κ1) is 37.7. The molecule has 3 aromatic carbocycles. The topological polar surface area (TPSA) is 133 Å². The van der Waals surface area contributed by atoms with Crippen LogP contribution in [-0.2, 0) is 27.6 Å². The van der Waals surface area contributed by atoms with Gasteiger partial charge in [0, 0.05) is 48.4 Å². The van der Waals surface area contributed by atoms with Crippen molar-refractivity contribution in [2.75, 3.05) is 32.7 Å². The molecule has 4 N–H and O–H groups in total. The van der Waals surface area contributed by atoms with Crippen LogP contribution in [0.3, 0.4) is 0 Å². The van der Waals surface area contributed by atoms with Crippen LogP contribution in [0.15, 0.2) is 66.7 Å². The molecule has 4 fully saturated rings. The van der Waals surface area contributed by atoms with E-state index in [0.717, 1.165) is 34.4 Å². The molecule has 3 saturated carbocycles. The van der Waals surface area contributed by atoms with Gasteiger partial charge in [0.1, 0.15) is 17.9 Å². The number of carbonyl (C=O) groups excluding carboxylic acids is 2. The highest BCUT2D eigenvalue weighted by atomic mass is 16.7. The van der Waals surface area contributed by atoms with Gasteiger partial charge in [-0.1, -0.05) is 69.3 Å². The number of ether oxygens (including phenoxy) is 1. The van der Waals surface area contributed by atoms with E-state index in [1.807, 2.05) is 73.6 Å². The fourth-order valence-electron chi connectivity index (χ4n) is 8.80. The van der Waals surface area contributed by atoms with Gasteiger partial charge in [0.15, 0.2) is 0 Å². The molecule has 7 rings (SSSR count). The lowest BCUT2D eigenvalue weighted by atomic mass is 9.45. The van der Waals surface area contributed by atoms with E-state index < -0.39 is 24.2 Å². The summed E-state index contributed by atoms with van der Waals surface area (Å²) in [6, 6.07) is 20.1. The van der Waals surface area contributed by atoms with Gasteiger partial charge in [0.05, 0.1) is 33.0 Å². The minimum absolute atomic E-state index is 0.0333. The van der Waals surface area contributed by atoms with Crippen LogP contribution in [0.25, 0.3) is 11.1 Å². The van der Waals surface area contributed by atoms with Crippen molar-refractivity contribution in [3.63, 3.8) is 0 Å². The Morgan fingerprint density at radius 2 is 1.83 bits per heavy atom. The molecule has 1 saturated heterocycles. The molecule has 280 valence electrons. The van der Waals surface area contributed by atoms with Crippen molar-refractivity contribution >= 4 is 17.5 Å². The Hall–Kier alpha value is -4.00. The lowest BCUT2D eigenvalue weighted by Gasteiger charge is -2.62. The largest absolute Gasteiger partial charge is 0.496 e. The number of aliphatic hydroxyl groups is 2. The van der Waals surface area contributed by atoms with Gasteiger partial charge < -0.3 is 25.2 Å². The van der Waals surface area contributed by atoms with E-state index in [2.05, 4.69) is 31.6 Å². The number of hydrogen-bond acceptors (Lipinski definition) is 9. The average Bonchev–Trinajstić information content (AvgIpc) is 3.51. The van der Waals surface area contributed by atoms with Gasteiger partial charge in [0.2, 0.25) is 5.91 Å². The number of hydrogen-bond donors (Lipinski definition) is 4. The van der Waals surface area contributed by atoms with E-state index in [1.54, 1.807) is 31.2 Å². The first-order chi connectivity index (χ1) is 24.8. The number of fused-ring (bicyclic) bond motifs is 2. The number of hydroxylamine groups is 3. The van der Waals surface area contributed by atoms with Crippen molar-refractivity contribution in [3.8, 4) is 16.9 Å². The molecule has 1 heterocycles. The lowest BCUT2D eigenvalue weighted by molar-refractivity contribution is -0.183. The van der Waals surface area contributed by atoms with Crippen molar-refractivity contribution in [2.45, 2.75) is 78.0 Å². The summed E-state index contributed by atoms with van der Waals surface area (Å²) >= 11 is 0. The highest BCUT2D eigenvalue weighted by Crippen LogP contribution is 2.61. The van der Waals surface area contributed by atoms with E-state index in [1.165, 1.54) is 6.42 Å². The predicted molar refractivity (Wildman–Crippen MR) is 199 cm³/mol. The number of nitrogens with one attached hydrogen (secondary N) is 2. The Morgan fingerprint density at radius 3 is 2.46 bits per heavy atom. The number of anilines is 1. The second-order valence-corrected chi connectivity index (χ2v) is 15.6. The number of nitrogens with zero attached hydrogens (tertiary/aromatic N) is 2. The second-order valence-electron chi connectivity index (χ2n) is 15.6. The van der Waals surface area contributed by atoms with Gasteiger partial charge in [-0.05, 0) is 72.3 Å². The quantitative estimate of drug-likeness (QED) is 0.182. The summed E-state index contributed by atoms with van der Waals surface area (Å²) in [6.07, 6.45) is 0.456. The number of amides is 2. The predicted octanol–water partition coefficient (Wildman–Crippen LogP) is 4.95. The van der Waals surface area contributed by atoms with Crippen molar-refractivity contribution in [1.29, 1.82) is 0 Å². The van der Waals surface area contributed by atoms with Crippen LogP contribution in [0.5, 0.6) is 5.75 Å². The first-order valence-electron chi connectivity index (χ1n) is 18.3. The van der Waals surface area contributed by atoms with Gasteiger partial charge >= 0.3 is 0 Å². The van der Waals surface area contributed by atoms with E-state index >= 15 is 0 Å². The smallest absolute Gasteiger partial charge is 0.274 e. The van der Waals surface area contributed by atoms with Gasteiger partial charge in [-0.2, -0.15) is 5.06 Å². The third-order valence-electron chi connectivity index (χ3n) is 11.9. The molecule has 52 heavy (non-hydrogen) atoms. The maximum Gasteiger partial charge on any atom is 0.274 e. The van der Waals surface area contributed by atoms with Crippen molar-refractivity contribution in [1.82, 2.24) is 15.9 Å². The summed E-state index contributed by atoms with van der Waals surface area (Å²) in [5, 5.41) is 26.2. The Labute approximate surface area is 307 Å². The molecule has 11 nitrogen and oxygen atoms in total. The summed E-state index contributed by atoms with van der Waals surface area (Å²) in [6.45, 7) is 8.57. The minimum atomic E-state index is -0.905. The molecule has 0 spiro atoms. The van der Waals surface area contributed by atoms with Crippen molar-refractivity contribution in [3.05, 3.63) is 83.4 Å². The van der Waals surface area contributed by atoms with Crippen LogP contribution in [0.4, 0.5) is 5.69 Å². The molecule has 2 bridgehead atoms. The molecule has 0 unspecified atom stereocenters. The molecule has 1 aliphatic heterocycles. The van der Waals surface area contributed by atoms with Crippen molar-refractivity contribution in [2.24, 2.45) is 29.1 Å². The van der Waals surface area contributed by atoms with E-state index in [-0.39, 0.29) is 43.0 Å². The van der Waals surface area contributed by atoms with E-state index in [0.29, 0.717) is 29.1 Å². The third kappa shape index (κ3) is 7.43. The normalized spacial score (nSPS) is 27.0. The maximum absolute atomic E-state index is 14.2. The first-order valence-corrected chi connectivity index (χ1v) is 18.3. The molecule has 0 aromatic heterocycles. The average molecular weight is 715 g/mol.